The van der Waals surface area contributed by atoms with Crippen molar-refractivity contribution in [2.45, 2.75) is 26.2 Å². The molecule has 0 atom stereocenters. The van der Waals surface area contributed by atoms with Gasteiger partial charge in [0.05, 0.1) is 9.80 Å². The number of amides is 1. The van der Waals surface area contributed by atoms with Crippen LogP contribution < -0.4 is 5.32 Å². The van der Waals surface area contributed by atoms with E-state index in [1.165, 1.54) is 12.1 Å². The van der Waals surface area contributed by atoms with Crippen molar-refractivity contribution in [3.05, 3.63) is 27.1 Å². The third kappa shape index (κ3) is 3.62. The van der Waals surface area contributed by atoms with Gasteiger partial charge in [-0.1, -0.05) is 31.1 Å². The lowest BCUT2D eigenvalue weighted by Gasteiger charge is -2.01. The minimum Gasteiger partial charge on any atom is -0.351 e. The van der Waals surface area contributed by atoms with E-state index in [1.807, 2.05) is 0 Å². The van der Waals surface area contributed by atoms with Crippen LogP contribution in [0.1, 0.15) is 35.9 Å². The second-order valence-corrected chi connectivity index (χ2v) is 4.42. The first-order valence-corrected chi connectivity index (χ1v) is 5.99. The molecule has 16 heavy (non-hydrogen) atoms. The van der Waals surface area contributed by atoms with Gasteiger partial charge >= 0.3 is 5.00 Å². The topological polar surface area (TPSA) is 72.2 Å². The molecular weight excluding hydrogens is 228 g/mol. The van der Waals surface area contributed by atoms with Gasteiger partial charge in [-0.05, 0) is 12.5 Å². The molecule has 0 spiro atoms. The fraction of sp³-hybridized carbons (Fsp3) is 0.500. The zero-order chi connectivity index (χ0) is 12.0. The minimum atomic E-state index is -0.488. The van der Waals surface area contributed by atoms with Gasteiger partial charge in [-0.2, -0.15) is 0 Å². The smallest absolute Gasteiger partial charge is 0.324 e. The van der Waals surface area contributed by atoms with Crippen LogP contribution >= 0.6 is 11.3 Å². The SMILES string of the molecule is CCCCCNC(=O)c1ccc([N+](=O)[O-])s1. The third-order valence-corrected chi connectivity index (χ3v) is 3.10. The molecule has 0 fully saturated rings. The summed E-state index contributed by atoms with van der Waals surface area (Å²) in [6.07, 6.45) is 3.11. The number of unbranched alkanes of at least 4 members (excludes halogenated alkanes) is 2. The van der Waals surface area contributed by atoms with E-state index in [1.54, 1.807) is 0 Å². The second kappa shape index (κ2) is 6.22. The predicted molar refractivity (Wildman–Crippen MR) is 62.8 cm³/mol. The second-order valence-electron chi connectivity index (χ2n) is 3.36. The average molecular weight is 242 g/mol. The van der Waals surface area contributed by atoms with Gasteiger partial charge in [0.1, 0.15) is 0 Å². The Morgan fingerprint density at radius 3 is 2.81 bits per heavy atom. The van der Waals surface area contributed by atoms with E-state index < -0.39 is 4.92 Å². The number of rotatable bonds is 6. The highest BCUT2D eigenvalue weighted by Crippen LogP contribution is 2.23. The molecule has 0 aliphatic heterocycles. The Morgan fingerprint density at radius 1 is 1.50 bits per heavy atom. The summed E-state index contributed by atoms with van der Waals surface area (Å²) in [5.74, 6) is -0.228. The molecule has 5 nitrogen and oxygen atoms in total. The van der Waals surface area contributed by atoms with Crippen molar-refractivity contribution in [3.8, 4) is 0 Å². The molecule has 1 rings (SSSR count). The zero-order valence-electron chi connectivity index (χ0n) is 9.06. The molecule has 1 N–H and O–H groups in total. The van der Waals surface area contributed by atoms with Crippen LogP contribution in [0.15, 0.2) is 12.1 Å². The molecule has 0 aromatic carbocycles. The zero-order valence-corrected chi connectivity index (χ0v) is 9.88. The van der Waals surface area contributed by atoms with Crippen molar-refractivity contribution in [1.82, 2.24) is 5.32 Å². The van der Waals surface area contributed by atoms with Crippen molar-refractivity contribution in [3.63, 3.8) is 0 Å². The summed E-state index contributed by atoms with van der Waals surface area (Å²) in [6.45, 7) is 2.71. The van der Waals surface area contributed by atoms with Gasteiger partial charge in [0.25, 0.3) is 5.91 Å². The molecule has 0 bridgehead atoms. The highest BCUT2D eigenvalue weighted by atomic mass is 32.1. The molecule has 1 amide bonds. The Morgan fingerprint density at radius 2 is 2.25 bits per heavy atom. The molecule has 0 saturated carbocycles. The van der Waals surface area contributed by atoms with Crippen LogP contribution in [0, 0.1) is 10.1 Å². The standard InChI is InChI=1S/C10H14N2O3S/c1-2-3-4-7-11-10(13)8-5-6-9(16-8)12(14)15/h5-6H,2-4,7H2,1H3,(H,11,13). The quantitative estimate of drug-likeness (QED) is 0.473. The molecule has 1 aromatic heterocycles. The lowest BCUT2D eigenvalue weighted by atomic mass is 10.2. The van der Waals surface area contributed by atoms with Gasteiger partial charge in [0.15, 0.2) is 0 Å². The number of nitro groups is 1. The maximum atomic E-state index is 11.5. The lowest BCUT2D eigenvalue weighted by Crippen LogP contribution is -2.23. The van der Waals surface area contributed by atoms with E-state index in [-0.39, 0.29) is 10.9 Å². The number of carbonyl (C=O) groups is 1. The Balaban J connectivity index is 2.43. The fourth-order valence-electron chi connectivity index (χ4n) is 1.21. The van der Waals surface area contributed by atoms with E-state index in [4.69, 9.17) is 0 Å². The number of carbonyl (C=O) groups excluding carboxylic acids is 1. The summed E-state index contributed by atoms with van der Waals surface area (Å²) in [7, 11) is 0. The average Bonchev–Trinajstić information content (AvgIpc) is 2.73. The van der Waals surface area contributed by atoms with E-state index in [0.717, 1.165) is 30.6 Å². The fourth-order valence-corrected chi connectivity index (χ4v) is 1.95. The van der Waals surface area contributed by atoms with Crippen LogP contribution in [0.3, 0.4) is 0 Å². The van der Waals surface area contributed by atoms with Crippen LogP contribution in [0.4, 0.5) is 5.00 Å². The maximum absolute atomic E-state index is 11.5. The number of hydrogen-bond acceptors (Lipinski definition) is 4. The van der Waals surface area contributed by atoms with Crippen LogP contribution in [0.5, 0.6) is 0 Å². The molecule has 0 unspecified atom stereocenters. The van der Waals surface area contributed by atoms with Crippen LogP contribution in [0.25, 0.3) is 0 Å². The van der Waals surface area contributed by atoms with Gasteiger partial charge in [-0.3, -0.25) is 14.9 Å². The number of nitrogens with zero attached hydrogens (tertiary/aromatic N) is 1. The van der Waals surface area contributed by atoms with Crippen LogP contribution in [-0.4, -0.2) is 17.4 Å². The molecule has 0 aliphatic rings. The van der Waals surface area contributed by atoms with Gasteiger partial charge < -0.3 is 5.32 Å². The van der Waals surface area contributed by atoms with Crippen LogP contribution in [0.2, 0.25) is 0 Å². The summed E-state index contributed by atoms with van der Waals surface area (Å²) < 4.78 is 0. The predicted octanol–water partition coefficient (Wildman–Crippen LogP) is 2.58. The first-order valence-electron chi connectivity index (χ1n) is 5.17. The largest absolute Gasteiger partial charge is 0.351 e. The third-order valence-electron chi connectivity index (χ3n) is 2.06. The Hall–Kier alpha value is -1.43. The van der Waals surface area contributed by atoms with Crippen molar-refractivity contribution >= 4 is 22.2 Å². The normalized spacial score (nSPS) is 10.1. The van der Waals surface area contributed by atoms with Gasteiger partial charge in [-0.15, -0.1) is 0 Å². The molecule has 88 valence electrons. The van der Waals surface area contributed by atoms with E-state index in [2.05, 4.69) is 12.2 Å². The molecule has 0 radical (unpaired) electrons. The summed E-state index contributed by atoms with van der Waals surface area (Å²) in [5.41, 5.74) is 0. The van der Waals surface area contributed by atoms with E-state index in [0.29, 0.717) is 11.4 Å². The van der Waals surface area contributed by atoms with E-state index >= 15 is 0 Å². The molecule has 1 aromatic rings. The van der Waals surface area contributed by atoms with Crippen molar-refractivity contribution in [2.75, 3.05) is 6.54 Å². The highest BCUT2D eigenvalue weighted by Gasteiger charge is 2.14. The Bertz CT molecular complexity index is 376. The first-order chi connectivity index (χ1) is 7.65. The first kappa shape index (κ1) is 12.6. The van der Waals surface area contributed by atoms with Crippen molar-refractivity contribution in [1.29, 1.82) is 0 Å². The monoisotopic (exact) mass is 242 g/mol. The maximum Gasteiger partial charge on any atom is 0.324 e. The van der Waals surface area contributed by atoms with Crippen LogP contribution in [-0.2, 0) is 0 Å². The van der Waals surface area contributed by atoms with Gasteiger partial charge in [0.2, 0.25) is 0 Å². The number of thiophene rings is 1. The summed E-state index contributed by atoms with van der Waals surface area (Å²) in [5, 5.41) is 13.2. The Labute approximate surface area is 97.6 Å². The molecule has 1 heterocycles. The molecular formula is C10H14N2O3S. The summed E-state index contributed by atoms with van der Waals surface area (Å²) in [4.78, 5) is 21.8. The Kier molecular flexibility index (Phi) is 4.91. The summed E-state index contributed by atoms with van der Waals surface area (Å²) in [6, 6.07) is 2.84. The van der Waals surface area contributed by atoms with E-state index in [9.17, 15) is 14.9 Å². The van der Waals surface area contributed by atoms with Crippen molar-refractivity contribution in [2.24, 2.45) is 0 Å². The number of nitrogens with one attached hydrogen (secondary N) is 1. The molecule has 0 saturated heterocycles. The van der Waals surface area contributed by atoms with Gasteiger partial charge in [0, 0.05) is 12.6 Å². The summed E-state index contributed by atoms with van der Waals surface area (Å²) >= 11 is 0.902. The molecule has 0 aliphatic carbocycles. The van der Waals surface area contributed by atoms with Gasteiger partial charge in [-0.25, -0.2) is 0 Å². The minimum absolute atomic E-state index is 0.00120. The number of hydrogen-bond donors (Lipinski definition) is 1. The highest BCUT2D eigenvalue weighted by molar-refractivity contribution is 7.17. The lowest BCUT2D eigenvalue weighted by molar-refractivity contribution is -0.380. The van der Waals surface area contributed by atoms with Crippen molar-refractivity contribution < 1.29 is 9.72 Å². The molecule has 6 heteroatoms.